The number of hydrogen-bond donors (Lipinski definition) is 2. The number of pyridine rings is 1. The zero-order valence-corrected chi connectivity index (χ0v) is 16.7. The Morgan fingerprint density at radius 1 is 1.07 bits per heavy atom. The molecular formula is C22H24F3N4O+. The molecule has 1 aliphatic heterocycles. The van der Waals surface area contributed by atoms with E-state index in [0.29, 0.717) is 24.1 Å². The van der Waals surface area contributed by atoms with Gasteiger partial charge < -0.3 is 5.32 Å². The van der Waals surface area contributed by atoms with Crippen LogP contribution in [0.5, 0.6) is 0 Å². The summed E-state index contributed by atoms with van der Waals surface area (Å²) in [7, 11) is 0. The van der Waals surface area contributed by atoms with Gasteiger partial charge in [-0.05, 0) is 56.9 Å². The molecule has 0 bridgehead atoms. The van der Waals surface area contributed by atoms with Crippen LogP contribution in [-0.4, -0.2) is 39.5 Å². The largest absolute Gasteiger partial charge is 0.465 e. The molecule has 0 spiro atoms. The number of carbonyl (C=O) groups is 1. The van der Waals surface area contributed by atoms with Gasteiger partial charge in [-0.25, -0.2) is 14.8 Å². The van der Waals surface area contributed by atoms with Crippen molar-refractivity contribution in [1.29, 1.82) is 0 Å². The Morgan fingerprint density at radius 3 is 2.40 bits per heavy atom. The summed E-state index contributed by atoms with van der Waals surface area (Å²) in [6.07, 6.45) is -0.715. The molecule has 8 heteroatoms. The zero-order valence-electron chi connectivity index (χ0n) is 16.7. The van der Waals surface area contributed by atoms with Crippen LogP contribution >= 0.6 is 0 Å². The molecule has 1 atom stereocenters. The number of nitrogens with zero attached hydrogens (tertiary/aromatic N) is 2. The molecular weight excluding hydrogens is 393 g/mol. The standard InChI is InChI=1S/C22H23F3N4O/c1-15-9-8-14-18(26-15)27-21(22(23,24)25)20(30)29(17-12-6-3-7-13-17)19(28-21)16-10-4-2-5-11-16/h2,4-5,8-11,14,17H,3,6-7,12-13H2,1H3,(H,26,27)/p+1/t21-/m0/s1. The van der Waals surface area contributed by atoms with Gasteiger partial charge in [0.1, 0.15) is 11.9 Å². The van der Waals surface area contributed by atoms with Crippen LogP contribution in [0.3, 0.4) is 0 Å². The second-order valence-electron chi connectivity index (χ2n) is 7.84. The van der Waals surface area contributed by atoms with Crippen molar-refractivity contribution >= 4 is 17.6 Å². The average molecular weight is 417 g/mol. The molecule has 2 aliphatic rings. The fraction of sp³-hybridized carbons (Fsp3) is 0.409. The Labute approximate surface area is 173 Å². The Kier molecular flexibility index (Phi) is 5.26. The van der Waals surface area contributed by atoms with Crippen LogP contribution in [0.15, 0.2) is 48.5 Å². The van der Waals surface area contributed by atoms with E-state index < -0.39 is 17.7 Å². The molecule has 2 heterocycles. The fourth-order valence-electron chi connectivity index (χ4n) is 4.22. The first-order valence-corrected chi connectivity index (χ1v) is 10.1. The Morgan fingerprint density at radius 2 is 1.77 bits per heavy atom. The summed E-state index contributed by atoms with van der Waals surface area (Å²) in [6, 6.07) is 13.2. The average Bonchev–Trinajstić information content (AvgIpc) is 3.03. The molecule has 0 unspecified atom stereocenters. The summed E-state index contributed by atoms with van der Waals surface area (Å²) < 4.78 is 43.4. The van der Waals surface area contributed by atoms with Gasteiger partial charge in [-0.1, -0.05) is 30.7 Å². The van der Waals surface area contributed by atoms with Crippen LogP contribution in [0.1, 0.15) is 43.4 Å². The Hall–Kier alpha value is -2.90. The van der Waals surface area contributed by atoms with E-state index >= 15 is 0 Å². The van der Waals surface area contributed by atoms with E-state index in [1.807, 2.05) is 0 Å². The molecule has 1 fully saturated rings. The van der Waals surface area contributed by atoms with Gasteiger partial charge >= 0.3 is 17.7 Å². The number of carbonyl (C=O) groups excluding carboxylic acids is 1. The Bertz CT molecular complexity index is 954. The molecule has 5 nitrogen and oxygen atoms in total. The number of hydrogen-bond acceptors (Lipinski definition) is 3. The second kappa shape index (κ2) is 7.74. The third-order valence-electron chi connectivity index (χ3n) is 5.70. The van der Waals surface area contributed by atoms with Crippen LogP contribution in [-0.2, 0) is 4.79 Å². The molecule has 1 aliphatic carbocycles. The predicted molar refractivity (Wildman–Crippen MR) is 107 cm³/mol. The number of anilines is 1. The maximum atomic E-state index is 14.5. The summed E-state index contributed by atoms with van der Waals surface area (Å²) in [4.78, 5) is 21.5. The quantitative estimate of drug-likeness (QED) is 0.805. The van der Waals surface area contributed by atoms with Gasteiger partial charge in [0, 0.05) is 5.69 Å². The summed E-state index contributed by atoms with van der Waals surface area (Å²) in [5.41, 5.74) is -1.88. The monoisotopic (exact) mass is 417 g/mol. The number of nitrogens with one attached hydrogen (secondary N) is 2. The number of amides is 1. The molecule has 1 amide bonds. The fourth-order valence-corrected chi connectivity index (χ4v) is 4.22. The van der Waals surface area contributed by atoms with Crippen molar-refractivity contribution in [3.8, 4) is 0 Å². The topological polar surface area (TPSA) is 59.2 Å². The van der Waals surface area contributed by atoms with Crippen LogP contribution in [0.2, 0.25) is 0 Å². The normalized spacial score (nSPS) is 22.9. The molecule has 0 saturated heterocycles. The van der Waals surface area contributed by atoms with Gasteiger partial charge in [-0.2, -0.15) is 18.1 Å². The van der Waals surface area contributed by atoms with Gasteiger partial charge in [0.15, 0.2) is 0 Å². The molecule has 1 aromatic heterocycles. The van der Waals surface area contributed by atoms with Crippen molar-refractivity contribution in [3.63, 3.8) is 0 Å². The van der Waals surface area contributed by atoms with E-state index in [1.54, 1.807) is 49.4 Å². The molecule has 4 rings (SSSR count). The van der Waals surface area contributed by atoms with E-state index in [4.69, 9.17) is 0 Å². The highest BCUT2D eigenvalue weighted by Gasteiger charge is 2.72. The number of amidine groups is 1. The van der Waals surface area contributed by atoms with E-state index in [1.165, 1.54) is 11.0 Å². The molecule has 1 saturated carbocycles. The van der Waals surface area contributed by atoms with E-state index in [2.05, 4.69) is 15.3 Å². The van der Waals surface area contributed by atoms with E-state index in [-0.39, 0.29) is 17.7 Å². The van der Waals surface area contributed by atoms with Crippen molar-refractivity contribution < 1.29 is 23.0 Å². The smallest absolute Gasteiger partial charge is 0.312 e. The first-order chi connectivity index (χ1) is 14.3. The molecule has 1 aromatic carbocycles. The van der Waals surface area contributed by atoms with Crippen molar-refractivity contribution in [2.24, 2.45) is 0 Å². The van der Waals surface area contributed by atoms with Crippen LogP contribution in [0.4, 0.5) is 19.0 Å². The third kappa shape index (κ3) is 3.55. The van der Waals surface area contributed by atoms with E-state index in [9.17, 15) is 18.0 Å². The minimum Gasteiger partial charge on any atom is -0.312 e. The first kappa shape index (κ1) is 20.4. The zero-order chi connectivity index (χ0) is 21.4. The van der Waals surface area contributed by atoms with Crippen LogP contribution in [0.25, 0.3) is 0 Å². The van der Waals surface area contributed by atoms with Crippen molar-refractivity contribution in [2.75, 3.05) is 5.32 Å². The maximum Gasteiger partial charge on any atom is 0.465 e. The first-order valence-electron chi connectivity index (χ1n) is 10.1. The SMILES string of the molecule is Cc1cccc(N[C@]2(C(F)(F)F)[NH+]=C(c3ccccc3)N(C3CCCCC3)C2=O)n1. The summed E-state index contributed by atoms with van der Waals surface area (Å²) in [6.45, 7) is 1.69. The number of halogens is 3. The molecule has 2 aromatic rings. The lowest BCUT2D eigenvalue weighted by Gasteiger charge is -2.29. The number of aromatic nitrogens is 1. The number of rotatable bonds is 4. The molecule has 0 radical (unpaired) electrons. The Balaban J connectivity index is 1.84. The van der Waals surface area contributed by atoms with Crippen LogP contribution < -0.4 is 10.3 Å². The van der Waals surface area contributed by atoms with Crippen LogP contribution in [0, 0.1) is 6.92 Å². The highest BCUT2D eigenvalue weighted by Crippen LogP contribution is 2.35. The maximum absolute atomic E-state index is 14.5. The van der Waals surface area contributed by atoms with Gasteiger partial charge in [-0.15, -0.1) is 0 Å². The lowest BCUT2D eigenvalue weighted by molar-refractivity contribution is -0.566. The third-order valence-corrected chi connectivity index (χ3v) is 5.70. The molecule has 158 valence electrons. The molecule has 2 N–H and O–H groups in total. The predicted octanol–water partition coefficient (Wildman–Crippen LogP) is 2.76. The summed E-state index contributed by atoms with van der Waals surface area (Å²) in [5, 5.41) is 2.39. The van der Waals surface area contributed by atoms with E-state index in [0.717, 1.165) is 19.3 Å². The summed E-state index contributed by atoms with van der Waals surface area (Å²) >= 11 is 0. The molecule has 30 heavy (non-hydrogen) atoms. The number of benzene rings is 1. The summed E-state index contributed by atoms with van der Waals surface area (Å²) in [5.74, 6) is -0.861. The lowest BCUT2D eigenvalue weighted by Crippen LogP contribution is -2.94. The lowest BCUT2D eigenvalue weighted by atomic mass is 9.93. The van der Waals surface area contributed by atoms with Crippen molar-refractivity contribution in [1.82, 2.24) is 9.88 Å². The van der Waals surface area contributed by atoms with Crippen molar-refractivity contribution in [2.45, 2.75) is 56.9 Å². The van der Waals surface area contributed by atoms with Gasteiger partial charge in [0.05, 0.1) is 5.56 Å². The highest BCUT2D eigenvalue weighted by atomic mass is 19.4. The number of alkyl halides is 3. The highest BCUT2D eigenvalue weighted by molar-refractivity contribution is 6.11. The van der Waals surface area contributed by atoms with Gasteiger partial charge in [0.2, 0.25) is 0 Å². The minimum absolute atomic E-state index is 0.00826. The van der Waals surface area contributed by atoms with Gasteiger partial charge in [0.25, 0.3) is 5.84 Å². The van der Waals surface area contributed by atoms with Gasteiger partial charge in [-0.3, -0.25) is 0 Å². The number of aryl methyl sites for hydroxylation is 1. The second-order valence-corrected chi connectivity index (χ2v) is 7.84. The van der Waals surface area contributed by atoms with Crippen molar-refractivity contribution in [3.05, 3.63) is 59.8 Å². The minimum atomic E-state index is -4.89.